The molecule has 0 spiro atoms. The van der Waals surface area contributed by atoms with Gasteiger partial charge in [0, 0.05) is 38.7 Å². The smallest absolute Gasteiger partial charge is 0.437 e. The van der Waals surface area contributed by atoms with Gasteiger partial charge in [0.2, 0.25) is 5.96 Å². The van der Waals surface area contributed by atoms with E-state index in [-0.39, 0.29) is 43.7 Å². The third kappa shape index (κ3) is 13.0. The lowest BCUT2D eigenvalue weighted by Crippen LogP contribution is -2.47. The van der Waals surface area contributed by atoms with Gasteiger partial charge in [-0.25, -0.2) is 19.2 Å². The van der Waals surface area contributed by atoms with E-state index in [1.807, 2.05) is 6.07 Å². The maximum absolute atomic E-state index is 13.2. The summed E-state index contributed by atoms with van der Waals surface area (Å²) in [6.07, 6.45) is 1.40. The van der Waals surface area contributed by atoms with E-state index in [0.717, 1.165) is 25.7 Å². The van der Waals surface area contributed by atoms with Crippen LogP contribution in [0.1, 0.15) is 112 Å². The van der Waals surface area contributed by atoms with Crippen LogP contribution < -0.4 is 10.6 Å². The van der Waals surface area contributed by atoms with E-state index < -0.39 is 35.1 Å². The van der Waals surface area contributed by atoms with Crippen LogP contribution in [0.25, 0.3) is 0 Å². The molecule has 0 aromatic carbocycles. The van der Waals surface area contributed by atoms with Gasteiger partial charge < -0.3 is 33.9 Å². The Bertz CT molecular complexity index is 1330. The lowest BCUT2D eigenvalue weighted by atomic mass is 9.98. The Balaban J connectivity index is 1.67. The second-order valence-corrected chi connectivity index (χ2v) is 15.1. The van der Waals surface area contributed by atoms with Crippen molar-refractivity contribution in [2.45, 2.75) is 130 Å². The molecule has 3 heterocycles. The normalized spacial score (nSPS) is 18.3. The summed E-state index contributed by atoms with van der Waals surface area (Å²) in [5.41, 5.74) is -1.70. The van der Waals surface area contributed by atoms with E-state index in [4.69, 9.17) is 23.6 Å². The minimum atomic E-state index is -0.919. The van der Waals surface area contributed by atoms with Gasteiger partial charge in [0.15, 0.2) is 0 Å². The first kappa shape index (κ1) is 39.4. The number of fused-ring (bicyclic) bond motifs is 2. The highest BCUT2D eigenvalue weighted by molar-refractivity contribution is 5.98. The zero-order valence-electron chi connectivity index (χ0n) is 30.7. The number of piperidine rings is 1. The van der Waals surface area contributed by atoms with Crippen molar-refractivity contribution in [2.75, 3.05) is 32.8 Å². The molecule has 1 aromatic rings. The molecule has 2 bridgehead atoms. The Morgan fingerprint density at radius 1 is 1.00 bits per heavy atom. The quantitative estimate of drug-likeness (QED) is 0.129. The SMILES string of the molecule is CCCCON1C(=O)N2C[C@@H]1CC[C@H]2c1cc(CCN(CCN/C(=N\C(=O)OC(C)(C)C)NC(=O)OC(C)(C)C)C(=O)OC(C)(C)C)on1. The second-order valence-electron chi connectivity index (χ2n) is 15.1. The first-order valence-electron chi connectivity index (χ1n) is 17.0. The van der Waals surface area contributed by atoms with E-state index >= 15 is 0 Å². The van der Waals surface area contributed by atoms with Crippen molar-refractivity contribution in [3.63, 3.8) is 0 Å². The Labute approximate surface area is 289 Å². The molecular weight excluding hydrogens is 638 g/mol. The van der Waals surface area contributed by atoms with Crippen LogP contribution in [0.3, 0.4) is 0 Å². The Kier molecular flexibility index (Phi) is 13.3. The number of hydroxylamine groups is 2. The van der Waals surface area contributed by atoms with Crippen molar-refractivity contribution >= 4 is 30.3 Å². The first-order chi connectivity index (χ1) is 22.7. The molecule has 2 N–H and O–H groups in total. The van der Waals surface area contributed by atoms with E-state index in [0.29, 0.717) is 31.0 Å². The number of carbonyl (C=O) groups excluding carboxylic acids is 4. The fraction of sp³-hybridized carbons (Fsp3) is 0.758. The molecule has 2 saturated heterocycles. The van der Waals surface area contributed by atoms with Gasteiger partial charge in [-0.1, -0.05) is 18.5 Å². The van der Waals surface area contributed by atoms with Crippen molar-refractivity contribution in [1.82, 2.24) is 30.7 Å². The third-order valence-electron chi connectivity index (χ3n) is 7.14. The van der Waals surface area contributed by atoms with Crippen LogP contribution in [0.2, 0.25) is 0 Å². The molecule has 2 aliphatic rings. The number of hydrogen-bond donors (Lipinski definition) is 2. The summed E-state index contributed by atoms with van der Waals surface area (Å²) in [7, 11) is 0. The lowest BCUT2D eigenvalue weighted by Gasteiger charge is -2.28. The highest BCUT2D eigenvalue weighted by Gasteiger charge is 2.47. The van der Waals surface area contributed by atoms with Crippen molar-refractivity contribution in [3.8, 4) is 0 Å². The molecule has 1 aromatic heterocycles. The topological polar surface area (TPSA) is 177 Å². The number of unbranched alkanes of at least 4 members (excludes halogenated alkanes) is 1. The number of aliphatic imine (C=N–C) groups is 1. The second kappa shape index (κ2) is 16.5. The van der Waals surface area contributed by atoms with Crippen molar-refractivity contribution < 1.29 is 42.7 Å². The molecule has 16 heteroatoms. The standard InChI is InChI=1S/C33H55N7O9/c1-11-12-19-45-40-22-13-14-25(39(21-22)29(40)43)24-20-23(49-37-24)15-17-38(30(44)48-33(8,9)10)18-16-34-26(35-27(41)46-31(2,3)4)36-28(42)47-32(5,6)7/h20,22,25H,11-19,21H2,1-10H3,(H2,34,35,36,41,42)/t22-,25-/m0/s1. The highest BCUT2D eigenvalue weighted by atomic mass is 16.7. The van der Waals surface area contributed by atoms with Gasteiger partial charge in [-0.3, -0.25) is 10.2 Å². The number of nitrogens with one attached hydrogen (secondary N) is 2. The molecule has 2 aliphatic heterocycles. The van der Waals surface area contributed by atoms with Crippen LogP contribution in [0.4, 0.5) is 19.2 Å². The van der Waals surface area contributed by atoms with Gasteiger partial charge in [0.25, 0.3) is 0 Å². The predicted molar refractivity (Wildman–Crippen MR) is 180 cm³/mol. The van der Waals surface area contributed by atoms with E-state index in [2.05, 4.69) is 27.7 Å². The largest absolute Gasteiger partial charge is 0.444 e. The molecule has 5 amide bonds. The molecule has 276 valence electrons. The molecule has 0 aliphatic carbocycles. The van der Waals surface area contributed by atoms with E-state index in [1.54, 1.807) is 67.2 Å². The number of urea groups is 1. The molecule has 0 saturated carbocycles. The fourth-order valence-electron chi connectivity index (χ4n) is 5.08. The summed E-state index contributed by atoms with van der Waals surface area (Å²) in [5.74, 6) is 0.341. The number of carbonyl (C=O) groups is 4. The van der Waals surface area contributed by atoms with E-state index in [9.17, 15) is 19.2 Å². The molecule has 0 unspecified atom stereocenters. The minimum Gasteiger partial charge on any atom is -0.444 e. The van der Waals surface area contributed by atoms with Gasteiger partial charge in [0.05, 0.1) is 18.7 Å². The van der Waals surface area contributed by atoms with Gasteiger partial charge in [-0.2, -0.15) is 5.06 Å². The number of alkyl carbamates (subject to hydrolysis) is 1. The first-order valence-corrected chi connectivity index (χ1v) is 17.0. The maximum atomic E-state index is 13.2. The van der Waals surface area contributed by atoms with Crippen molar-refractivity contribution in [3.05, 3.63) is 17.5 Å². The number of hydrogen-bond acceptors (Lipinski definition) is 10. The Hall–Kier alpha value is -4.08. The molecular formula is C33H55N7O9. The minimum absolute atomic E-state index is 0.0250. The number of amides is 5. The van der Waals surface area contributed by atoms with Crippen molar-refractivity contribution in [1.29, 1.82) is 0 Å². The number of nitrogens with zero attached hydrogens (tertiary/aromatic N) is 5. The third-order valence-corrected chi connectivity index (χ3v) is 7.14. The van der Waals surface area contributed by atoms with Gasteiger partial charge in [-0.15, -0.1) is 4.99 Å². The molecule has 2 atom stereocenters. The summed E-state index contributed by atoms with van der Waals surface area (Å²) in [5, 5.41) is 11.1. The predicted octanol–water partition coefficient (Wildman–Crippen LogP) is 5.53. The molecule has 16 nitrogen and oxygen atoms in total. The van der Waals surface area contributed by atoms with Crippen LogP contribution in [0.5, 0.6) is 0 Å². The summed E-state index contributed by atoms with van der Waals surface area (Å²) in [6.45, 7) is 19.0. The van der Waals surface area contributed by atoms with Crippen LogP contribution in [0, 0.1) is 0 Å². The van der Waals surface area contributed by atoms with Crippen LogP contribution in [0.15, 0.2) is 15.6 Å². The van der Waals surface area contributed by atoms with Crippen molar-refractivity contribution in [2.24, 2.45) is 4.99 Å². The number of aromatic nitrogens is 1. The zero-order valence-corrected chi connectivity index (χ0v) is 30.7. The Morgan fingerprint density at radius 3 is 2.31 bits per heavy atom. The van der Waals surface area contributed by atoms with Crippen LogP contribution in [-0.4, -0.2) is 106 Å². The summed E-state index contributed by atoms with van der Waals surface area (Å²) < 4.78 is 21.8. The van der Waals surface area contributed by atoms with Gasteiger partial charge in [-0.05, 0) is 81.6 Å². The summed E-state index contributed by atoms with van der Waals surface area (Å²) >= 11 is 0. The lowest BCUT2D eigenvalue weighted by molar-refractivity contribution is -0.130. The monoisotopic (exact) mass is 693 g/mol. The number of ether oxygens (including phenoxy) is 3. The average molecular weight is 694 g/mol. The molecule has 2 fully saturated rings. The van der Waals surface area contributed by atoms with Gasteiger partial charge >= 0.3 is 24.3 Å². The van der Waals surface area contributed by atoms with Gasteiger partial charge in [0.1, 0.15) is 28.3 Å². The molecule has 3 rings (SSSR count). The average Bonchev–Trinajstić information content (AvgIpc) is 3.50. The Morgan fingerprint density at radius 2 is 1.67 bits per heavy atom. The number of rotatable bonds is 11. The van der Waals surface area contributed by atoms with E-state index in [1.165, 1.54) is 9.96 Å². The summed E-state index contributed by atoms with van der Waals surface area (Å²) in [4.78, 5) is 64.1. The fourth-order valence-corrected chi connectivity index (χ4v) is 5.08. The molecule has 0 radical (unpaired) electrons. The zero-order chi connectivity index (χ0) is 36.6. The highest BCUT2D eigenvalue weighted by Crippen LogP contribution is 2.38. The summed E-state index contributed by atoms with van der Waals surface area (Å²) in [6, 6.07) is 1.46. The molecule has 49 heavy (non-hydrogen) atoms. The maximum Gasteiger partial charge on any atom is 0.437 e. The van der Waals surface area contributed by atoms with Crippen LogP contribution >= 0.6 is 0 Å². The van der Waals surface area contributed by atoms with Crippen LogP contribution in [-0.2, 0) is 25.5 Å². The number of guanidine groups is 1.